The Bertz CT molecular complexity index is 1260. The zero-order chi connectivity index (χ0) is 23.3. The smallest absolute Gasteiger partial charge is 0.160 e. The molecule has 0 fully saturated rings. The minimum absolute atomic E-state index is 0.158. The van der Waals surface area contributed by atoms with Crippen molar-refractivity contribution >= 4 is 35.7 Å². The number of furan rings is 1. The first-order valence-corrected chi connectivity index (χ1v) is 12.9. The molecule has 0 bridgehead atoms. The maximum atomic E-state index is 6.46. The average molecular weight is 468 g/mol. The van der Waals surface area contributed by atoms with Crippen molar-refractivity contribution < 1.29 is 4.42 Å². The summed E-state index contributed by atoms with van der Waals surface area (Å²) in [5, 5.41) is 0.720. The Morgan fingerprint density at radius 3 is 2.38 bits per heavy atom. The average Bonchev–Trinajstić information content (AvgIpc) is 3.26. The molecule has 2 aromatic carbocycles. The van der Waals surface area contributed by atoms with Crippen LogP contribution in [0.15, 0.2) is 75.3 Å². The second-order valence-electron chi connectivity index (χ2n) is 9.13. The molecule has 4 nitrogen and oxygen atoms in total. The topological polar surface area (TPSA) is 32.0 Å². The normalized spacial score (nSPS) is 18.2. The SMILES string of the molecule is Cc1ccc([P@@](/C=C2\N(C)c3ccccc3C2(C)C)(=Nc2ccc(C)c(Cl)c2)N(C)C)o1. The maximum Gasteiger partial charge on any atom is 0.160 e. The predicted octanol–water partition coefficient (Wildman–Crippen LogP) is 7.45. The van der Waals surface area contributed by atoms with Gasteiger partial charge in [-0.05, 0) is 75.2 Å². The summed E-state index contributed by atoms with van der Waals surface area (Å²) in [5.74, 6) is 3.23. The number of fused-ring (bicyclic) bond motifs is 1. The van der Waals surface area contributed by atoms with Crippen LogP contribution in [0.5, 0.6) is 0 Å². The van der Waals surface area contributed by atoms with Crippen LogP contribution in [0.25, 0.3) is 0 Å². The fourth-order valence-corrected chi connectivity index (χ4v) is 7.51. The highest BCUT2D eigenvalue weighted by Gasteiger charge is 2.41. The van der Waals surface area contributed by atoms with Crippen molar-refractivity contribution in [1.82, 2.24) is 4.67 Å². The first-order valence-electron chi connectivity index (χ1n) is 10.8. The number of likely N-dealkylation sites (N-methyl/N-ethyl adjacent to an activating group) is 1. The first kappa shape index (κ1) is 22.9. The number of allylic oxidation sites excluding steroid dienone is 1. The number of benzene rings is 2. The molecule has 1 aromatic heterocycles. The van der Waals surface area contributed by atoms with Gasteiger partial charge in [0.25, 0.3) is 0 Å². The van der Waals surface area contributed by atoms with Crippen LogP contribution in [0.1, 0.15) is 30.7 Å². The number of hydrogen-bond acceptors (Lipinski definition) is 3. The van der Waals surface area contributed by atoms with Gasteiger partial charge in [-0.1, -0.05) is 49.7 Å². The monoisotopic (exact) mass is 467 g/mol. The van der Waals surface area contributed by atoms with E-state index in [-0.39, 0.29) is 5.41 Å². The van der Waals surface area contributed by atoms with Crippen molar-refractivity contribution in [3.63, 3.8) is 0 Å². The van der Waals surface area contributed by atoms with Crippen molar-refractivity contribution in [3.05, 3.63) is 88.0 Å². The van der Waals surface area contributed by atoms with Gasteiger partial charge in [0.15, 0.2) is 5.50 Å². The zero-order valence-electron chi connectivity index (χ0n) is 19.8. The Balaban J connectivity index is 2.03. The summed E-state index contributed by atoms with van der Waals surface area (Å²) >= 11 is 6.46. The van der Waals surface area contributed by atoms with Crippen molar-refractivity contribution in [3.8, 4) is 0 Å². The van der Waals surface area contributed by atoms with Crippen molar-refractivity contribution in [2.75, 3.05) is 26.0 Å². The van der Waals surface area contributed by atoms with E-state index in [1.54, 1.807) is 0 Å². The lowest BCUT2D eigenvalue weighted by Crippen LogP contribution is -2.25. The molecule has 0 N–H and O–H groups in total. The fraction of sp³-hybridized carbons (Fsp3) is 0.308. The molecule has 0 saturated carbocycles. The van der Waals surface area contributed by atoms with Crippen LogP contribution in [-0.2, 0) is 5.41 Å². The van der Waals surface area contributed by atoms with Gasteiger partial charge in [0.05, 0.1) is 5.69 Å². The lowest BCUT2D eigenvalue weighted by molar-refractivity contribution is 0.557. The van der Waals surface area contributed by atoms with Gasteiger partial charge < -0.3 is 9.32 Å². The molecule has 0 amide bonds. The van der Waals surface area contributed by atoms with Crippen molar-refractivity contribution in [2.24, 2.45) is 4.74 Å². The van der Waals surface area contributed by atoms with Crippen LogP contribution in [0, 0.1) is 13.8 Å². The van der Waals surface area contributed by atoms with Crippen molar-refractivity contribution in [1.29, 1.82) is 0 Å². The Kier molecular flexibility index (Phi) is 5.92. The summed E-state index contributed by atoms with van der Waals surface area (Å²) < 4.78 is 13.8. The van der Waals surface area contributed by atoms with Gasteiger partial charge in [-0.3, -0.25) is 4.67 Å². The number of hydrogen-bond donors (Lipinski definition) is 0. The summed E-state index contributed by atoms with van der Waals surface area (Å²) in [6.45, 7) is 8.54. The molecule has 0 spiro atoms. The third kappa shape index (κ3) is 3.75. The minimum atomic E-state index is -2.42. The molecule has 3 aromatic rings. The Morgan fingerprint density at radius 2 is 1.78 bits per heavy atom. The zero-order valence-corrected chi connectivity index (χ0v) is 21.5. The molecular formula is C26H31ClN3OP. The number of nitrogens with zero attached hydrogens (tertiary/aromatic N) is 3. The van der Waals surface area contributed by atoms with Crippen LogP contribution in [0.2, 0.25) is 5.02 Å². The van der Waals surface area contributed by atoms with E-state index in [2.05, 4.69) is 80.7 Å². The highest BCUT2D eigenvalue weighted by atomic mass is 35.5. The van der Waals surface area contributed by atoms with Gasteiger partial charge in [0.2, 0.25) is 0 Å². The minimum Gasteiger partial charge on any atom is -0.459 e. The lowest BCUT2D eigenvalue weighted by atomic mass is 9.84. The Hall–Kier alpha value is -2.26. The number of anilines is 1. The molecule has 32 heavy (non-hydrogen) atoms. The molecular weight excluding hydrogens is 437 g/mol. The van der Waals surface area contributed by atoms with Crippen LogP contribution in [0.3, 0.4) is 0 Å². The highest BCUT2D eigenvalue weighted by molar-refractivity contribution is 7.74. The number of halogens is 1. The van der Waals surface area contributed by atoms with Crippen LogP contribution in [0.4, 0.5) is 11.4 Å². The number of rotatable bonds is 4. The number of aryl methyl sites for hydroxylation is 2. The molecule has 2 heterocycles. The second-order valence-corrected chi connectivity index (χ2v) is 12.5. The van der Waals surface area contributed by atoms with Crippen LogP contribution >= 0.6 is 18.8 Å². The summed E-state index contributed by atoms with van der Waals surface area (Å²) in [6, 6.07) is 18.7. The highest BCUT2D eigenvalue weighted by Crippen LogP contribution is 2.59. The van der Waals surface area contributed by atoms with E-state index in [0.717, 1.165) is 27.5 Å². The molecule has 1 aliphatic rings. The van der Waals surface area contributed by atoms with Crippen LogP contribution in [-0.4, -0.2) is 25.8 Å². The molecule has 0 radical (unpaired) electrons. The second kappa shape index (κ2) is 8.26. The fourth-order valence-electron chi connectivity index (χ4n) is 4.36. The van der Waals surface area contributed by atoms with E-state index in [0.29, 0.717) is 0 Å². The molecule has 0 unspecified atom stereocenters. The maximum absolute atomic E-state index is 6.46. The quantitative estimate of drug-likeness (QED) is 0.373. The summed E-state index contributed by atoms with van der Waals surface area (Å²) in [7, 11) is 3.88. The van der Waals surface area contributed by atoms with Crippen LogP contribution < -0.4 is 10.4 Å². The number of para-hydroxylation sites is 1. The van der Waals surface area contributed by atoms with Gasteiger partial charge in [-0.25, -0.2) is 4.74 Å². The molecule has 4 rings (SSSR count). The van der Waals surface area contributed by atoms with E-state index in [9.17, 15) is 0 Å². The van der Waals surface area contributed by atoms with E-state index in [4.69, 9.17) is 20.8 Å². The van der Waals surface area contributed by atoms with E-state index in [1.165, 1.54) is 16.9 Å². The largest absolute Gasteiger partial charge is 0.459 e. The van der Waals surface area contributed by atoms with Gasteiger partial charge in [-0.15, -0.1) is 0 Å². The van der Waals surface area contributed by atoms with E-state index < -0.39 is 7.21 Å². The van der Waals surface area contributed by atoms with E-state index >= 15 is 0 Å². The van der Waals surface area contributed by atoms with E-state index in [1.807, 2.05) is 38.1 Å². The standard InChI is InChI=1S/C26H31ClN3OP/c1-18-12-14-20(16-22(18)27)28-32(29(5)6,25-15-13-19(2)31-25)17-24-26(3,4)21-10-8-9-11-23(21)30(24)7/h8-17H,1-7H3/b24-17-/t32-/m0/s1. The predicted molar refractivity (Wildman–Crippen MR) is 138 cm³/mol. The summed E-state index contributed by atoms with van der Waals surface area (Å²) in [5.41, 5.74) is 6.38. The summed E-state index contributed by atoms with van der Waals surface area (Å²) in [4.78, 5) is 2.29. The first-order chi connectivity index (χ1) is 15.1. The molecule has 168 valence electrons. The third-order valence-corrected chi connectivity index (χ3v) is 9.98. The van der Waals surface area contributed by atoms with Crippen molar-refractivity contribution in [2.45, 2.75) is 33.1 Å². The molecule has 0 saturated heterocycles. The van der Waals surface area contributed by atoms with Gasteiger partial charge in [-0.2, -0.15) is 0 Å². The molecule has 1 aliphatic heterocycles. The van der Waals surface area contributed by atoms with Gasteiger partial charge >= 0.3 is 0 Å². The molecule has 0 aliphatic carbocycles. The third-order valence-electron chi connectivity index (χ3n) is 6.33. The van der Waals surface area contributed by atoms with Gasteiger partial charge in [0, 0.05) is 28.9 Å². The molecule has 6 heteroatoms. The van der Waals surface area contributed by atoms with Gasteiger partial charge in [0.1, 0.15) is 13.0 Å². The Morgan fingerprint density at radius 1 is 1.06 bits per heavy atom. The lowest BCUT2D eigenvalue weighted by Gasteiger charge is -2.31. The molecule has 1 atom stereocenters. The summed E-state index contributed by atoms with van der Waals surface area (Å²) in [6.07, 6.45) is 0. The Labute approximate surface area is 196 Å².